The van der Waals surface area contributed by atoms with Crippen molar-refractivity contribution in [3.05, 3.63) is 65.3 Å². The zero-order chi connectivity index (χ0) is 17.4. The Hall–Kier alpha value is -2.19. The monoisotopic (exact) mass is 476 g/mol. The second kappa shape index (κ2) is 7.59. The number of hydrogen-bond acceptors (Lipinski definition) is 2. The first-order valence-electron chi connectivity index (χ1n) is 7.99. The molecule has 0 spiro atoms. The van der Waals surface area contributed by atoms with Crippen molar-refractivity contribution in [3.63, 3.8) is 0 Å². The maximum Gasteiger partial charge on any atom is 0.323 e. The zero-order valence-corrected chi connectivity index (χ0v) is 17.1. The van der Waals surface area contributed by atoms with Crippen molar-refractivity contribution >= 4 is 50.6 Å². The van der Waals surface area contributed by atoms with Crippen molar-refractivity contribution in [1.29, 1.82) is 0 Å². The number of carboxylic acid groups (broad SMARTS) is 1. The number of carboxylic acids is 1. The summed E-state index contributed by atoms with van der Waals surface area (Å²) in [6.07, 6.45) is 6.06. The molecule has 6 heteroatoms. The van der Waals surface area contributed by atoms with Crippen LogP contribution in [0.5, 0.6) is 0 Å². The van der Waals surface area contributed by atoms with Crippen LogP contribution in [0.25, 0.3) is 33.3 Å². The van der Waals surface area contributed by atoms with Gasteiger partial charge >= 0.3 is 5.97 Å². The number of carbonyl (C=O) groups is 1. The van der Waals surface area contributed by atoms with E-state index in [0.717, 1.165) is 21.5 Å². The third-order valence-corrected chi connectivity index (χ3v) is 5.49. The number of aliphatic carboxylic acids is 1. The molecule has 0 atom stereocenters. The Morgan fingerprint density at radius 3 is 2.65 bits per heavy atom. The van der Waals surface area contributed by atoms with E-state index in [1.165, 1.54) is 10.2 Å². The lowest BCUT2D eigenvalue weighted by Crippen LogP contribution is -3.00. The Kier molecular flexibility index (Phi) is 5.43. The highest BCUT2D eigenvalue weighted by atomic mass is 127. The smallest absolute Gasteiger partial charge is 0.323 e. The summed E-state index contributed by atoms with van der Waals surface area (Å²) in [5.41, 5.74) is 3.17. The van der Waals surface area contributed by atoms with Crippen LogP contribution in [0.4, 0.5) is 0 Å². The molecule has 4 nitrogen and oxygen atoms in total. The van der Waals surface area contributed by atoms with Crippen molar-refractivity contribution in [2.45, 2.75) is 6.54 Å². The van der Waals surface area contributed by atoms with Crippen LogP contribution in [-0.2, 0) is 18.4 Å². The van der Waals surface area contributed by atoms with E-state index < -0.39 is 5.97 Å². The topological polar surface area (TPSA) is 46.1 Å². The van der Waals surface area contributed by atoms with E-state index in [1.54, 1.807) is 15.9 Å². The lowest BCUT2D eigenvalue weighted by molar-refractivity contribution is -0.642. The van der Waals surface area contributed by atoms with E-state index >= 15 is 0 Å². The van der Waals surface area contributed by atoms with Crippen LogP contribution in [0.1, 0.15) is 10.6 Å². The molecule has 0 saturated carbocycles. The molecule has 2 aromatic heterocycles. The van der Waals surface area contributed by atoms with Gasteiger partial charge in [-0.05, 0) is 18.2 Å². The molecule has 2 aromatic carbocycles. The maximum atomic E-state index is 11.1. The number of aryl methyl sites for hydroxylation is 1. The maximum absolute atomic E-state index is 11.1. The first-order valence-corrected chi connectivity index (χ1v) is 8.80. The molecule has 4 aromatic rings. The molecule has 0 fully saturated rings. The van der Waals surface area contributed by atoms with E-state index in [4.69, 9.17) is 5.11 Å². The van der Waals surface area contributed by atoms with Gasteiger partial charge in [0.1, 0.15) is 18.3 Å². The molecule has 0 aliphatic carbocycles. The molecule has 1 N–H and O–H groups in total. The minimum Gasteiger partial charge on any atom is -1.00 e. The summed E-state index contributed by atoms with van der Waals surface area (Å²) in [6.45, 7) is -0.0367. The first kappa shape index (κ1) is 18.6. The minimum absolute atomic E-state index is 0. The molecule has 4 rings (SSSR count). The fraction of sp³-hybridized carbons (Fsp3) is 0.100. The molecule has 2 heterocycles. The standard InChI is InChI=1S/C20H16N2O2S.HI/c1-21-17-8-4-5-9-18(17)25-19(21)11-10-14-12-22(13-20(23)24)16-7-3-2-6-15(14)16;/h2-12H,13H2,1H3;1H. The van der Waals surface area contributed by atoms with Gasteiger partial charge in [-0.3, -0.25) is 4.79 Å². The van der Waals surface area contributed by atoms with Crippen LogP contribution in [0.3, 0.4) is 0 Å². The van der Waals surface area contributed by atoms with Crippen LogP contribution >= 0.6 is 11.3 Å². The van der Waals surface area contributed by atoms with Gasteiger partial charge < -0.3 is 33.7 Å². The largest absolute Gasteiger partial charge is 1.00 e. The summed E-state index contributed by atoms with van der Waals surface area (Å²) in [5.74, 6) is -0.841. The minimum atomic E-state index is -0.841. The molecule has 26 heavy (non-hydrogen) atoms. The van der Waals surface area contributed by atoms with Crippen LogP contribution in [-0.4, -0.2) is 15.6 Å². The van der Waals surface area contributed by atoms with Crippen molar-refractivity contribution in [2.24, 2.45) is 7.05 Å². The van der Waals surface area contributed by atoms with Gasteiger partial charge in [0.25, 0.3) is 5.01 Å². The van der Waals surface area contributed by atoms with Crippen molar-refractivity contribution in [2.75, 3.05) is 0 Å². The van der Waals surface area contributed by atoms with E-state index in [0.29, 0.717) is 0 Å². The van der Waals surface area contributed by atoms with Crippen LogP contribution < -0.4 is 28.5 Å². The number of nitrogens with zero attached hydrogens (tertiary/aromatic N) is 2. The third kappa shape index (κ3) is 3.39. The average molecular weight is 476 g/mol. The molecular weight excluding hydrogens is 459 g/mol. The molecule has 0 radical (unpaired) electrons. The predicted octanol–water partition coefficient (Wildman–Crippen LogP) is 0.939. The van der Waals surface area contributed by atoms with E-state index in [1.807, 2.05) is 42.6 Å². The summed E-state index contributed by atoms with van der Waals surface area (Å²) >= 11 is 1.74. The summed E-state index contributed by atoms with van der Waals surface area (Å²) in [4.78, 5) is 11.1. The van der Waals surface area contributed by atoms with Gasteiger partial charge in [-0.2, -0.15) is 4.57 Å². The lowest BCUT2D eigenvalue weighted by Gasteiger charge is -1.99. The van der Waals surface area contributed by atoms with Gasteiger partial charge in [0.05, 0.1) is 0 Å². The third-order valence-electron chi connectivity index (χ3n) is 4.30. The number of thiazole rings is 1. The SMILES string of the molecule is C[n+]1c(/C=C/c2cn(CC(=O)O)c3ccccc23)sc2ccccc21.[I-]. The molecule has 132 valence electrons. The fourth-order valence-corrected chi connectivity index (χ4v) is 4.16. The van der Waals surface area contributed by atoms with Crippen molar-refractivity contribution in [3.8, 4) is 0 Å². The number of aromatic nitrogens is 2. The van der Waals surface area contributed by atoms with Gasteiger partial charge in [-0.1, -0.05) is 41.7 Å². The van der Waals surface area contributed by atoms with Gasteiger partial charge in [-0.25, -0.2) is 0 Å². The number of benzene rings is 2. The molecule has 0 saturated heterocycles. The summed E-state index contributed by atoms with van der Waals surface area (Å²) in [7, 11) is 2.06. The van der Waals surface area contributed by atoms with Gasteiger partial charge in [0.15, 0.2) is 0 Å². The number of fused-ring (bicyclic) bond motifs is 2. The van der Waals surface area contributed by atoms with E-state index in [9.17, 15) is 4.79 Å². The average Bonchev–Trinajstić information content (AvgIpc) is 3.11. The van der Waals surface area contributed by atoms with Gasteiger partial charge in [0.2, 0.25) is 5.52 Å². The Morgan fingerprint density at radius 2 is 1.88 bits per heavy atom. The molecule has 0 aliphatic rings. The fourth-order valence-electron chi connectivity index (χ4n) is 3.11. The molecule has 0 bridgehead atoms. The van der Waals surface area contributed by atoms with Crippen LogP contribution in [0.15, 0.2) is 54.7 Å². The Morgan fingerprint density at radius 1 is 1.15 bits per heavy atom. The Balaban J connectivity index is 0.00000196. The molecule has 0 unspecified atom stereocenters. The van der Waals surface area contributed by atoms with Crippen molar-refractivity contribution < 1.29 is 38.4 Å². The second-order valence-corrected chi connectivity index (χ2v) is 6.99. The zero-order valence-electron chi connectivity index (χ0n) is 14.1. The number of hydrogen-bond donors (Lipinski definition) is 1. The Labute approximate surface area is 172 Å². The lowest BCUT2D eigenvalue weighted by atomic mass is 10.1. The number of halogens is 1. The highest BCUT2D eigenvalue weighted by Gasteiger charge is 2.14. The van der Waals surface area contributed by atoms with Gasteiger partial charge in [-0.15, -0.1) is 0 Å². The van der Waals surface area contributed by atoms with Gasteiger partial charge in [0, 0.05) is 34.8 Å². The molecule has 0 aliphatic heterocycles. The second-order valence-electron chi connectivity index (χ2n) is 5.92. The summed E-state index contributed by atoms with van der Waals surface area (Å²) in [6, 6.07) is 16.2. The number of rotatable bonds is 4. The van der Waals surface area contributed by atoms with Crippen LogP contribution in [0, 0.1) is 0 Å². The highest BCUT2D eigenvalue weighted by molar-refractivity contribution is 7.18. The number of para-hydroxylation sites is 2. The summed E-state index contributed by atoms with van der Waals surface area (Å²) < 4.78 is 5.20. The first-order chi connectivity index (χ1) is 12.1. The van der Waals surface area contributed by atoms with Crippen molar-refractivity contribution in [1.82, 2.24) is 4.57 Å². The van der Waals surface area contributed by atoms with E-state index in [2.05, 4.69) is 35.9 Å². The molecule has 0 amide bonds. The quantitative estimate of drug-likeness (QED) is 0.352. The normalized spacial score (nSPS) is 11.3. The van der Waals surface area contributed by atoms with Crippen LogP contribution in [0.2, 0.25) is 0 Å². The Bertz CT molecular complexity index is 1130. The molecular formula is C20H17IN2O2S. The highest BCUT2D eigenvalue weighted by Crippen LogP contribution is 2.25. The summed E-state index contributed by atoms with van der Waals surface area (Å²) in [5, 5.41) is 11.3. The van der Waals surface area contributed by atoms with E-state index in [-0.39, 0.29) is 30.5 Å². The predicted molar refractivity (Wildman–Crippen MR) is 102 cm³/mol.